The number of primary amides is 1. The number of ether oxygens (including phenoxy) is 2. The van der Waals surface area contributed by atoms with E-state index in [1.54, 1.807) is 0 Å². The molecule has 324 valence electrons. The van der Waals surface area contributed by atoms with Crippen molar-refractivity contribution >= 4 is 58.3 Å². The summed E-state index contributed by atoms with van der Waals surface area (Å²) in [5.74, 6) is -2.99. The maximum atomic E-state index is 12.6. The van der Waals surface area contributed by atoms with E-state index in [0.717, 1.165) is 17.2 Å². The van der Waals surface area contributed by atoms with E-state index in [1.807, 2.05) is 0 Å². The van der Waals surface area contributed by atoms with Gasteiger partial charge in [-0.2, -0.15) is 4.31 Å². The van der Waals surface area contributed by atoms with Crippen molar-refractivity contribution in [2.24, 2.45) is 11.5 Å². The Bertz CT molecular complexity index is 2030. The maximum Gasteiger partial charge on any atom is 0.481 e. The molecule has 2 aromatic rings. The van der Waals surface area contributed by atoms with Gasteiger partial charge in [0.1, 0.15) is 54.5 Å². The van der Waals surface area contributed by atoms with Crippen molar-refractivity contribution in [1.82, 2.24) is 24.4 Å². The number of nitrogens with zero attached hydrogens (tertiary/aromatic N) is 5. The number of imidazole rings is 1. The second-order valence-corrected chi connectivity index (χ2v) is 16.5. The molecule has 2 saturated heterocycles. The summed E-state index contributed by atoms with van der Waals surface area (Å²) in [4.78, 5) is 83.3. The summed E-state index contributed by atoms with van der Waals surface area (Å²) in [6.07, 6.45) is -6.69. The summed E-state index contributed by atoms with van der Waals surface area (Å²) in [7, 11) is -16.3. The number of aliphatic hydroxyl groups excluding tert-OH is 3. The first-order valence-corrected chi connectivity index (χ1v) is 20.7. The highest BCUT2D eigenvalue weighted by Crippen LogP contribution is 2.61. The number of aliphatic hydroxyl groups is 3. The maximum absolute atomic E-state index is 12.6. The molecule has 6 unspecified atom stereocenters. The number of phosphoric ester groups is 3. The highest BCUT2D eigenvalue weighted by molar-refractivity contribution is 7.61. The average Bonchev–Trinajstić information content (AvgIpc) is 3.78. The Morgan fingerprint density at radius 3 is 2.09 bits per heavy atom. The van der Waals surface area contributed by atoms with Crippen LogP contribution in [-0.2, 0) is 55.4 Å². The van der Waals surface area contributed by atoms with Crippen molar-refractivity contribution in [3.05, 3.63) is 36.7 Å². The van der Waals surface area contributed by atoms with Gasteiger partial charge in [-0.3, -0.25) is 32.5 Å². The van der Waals surface area contributed by atoms with Gasteiger partial charge in [0.25, 0.3) is 0 Å². The summed E-state index contributed by atoms with van der Waals surface area (Å²) in [6.45, 7) is -2.02. The van der Waals surface area contributed by atoms with Gasteiger partial charge in [0.2, 0.25) is 5.91 Å². The number of fused-ring (bicyclic) bond motifs is 1. The molecule has 32 heteroatoms. The van der Waals surface area contributed by atoms with Gasteiger partial charge in [0.05, 0.1) is 19.5 Å². The Morgan fingerprint density at radius 1 is 0.914 bits per heavy atom. The number of rotatable bonds is 17. The van der Waals surface area contributed by atoms with Gasteiger partial charge in [-0.1, -0.05) is 6.08 Å². The van der Waals surface area contributed by atoms with Crippen molar-refractivity contribution in [3.8, 4) is 0 Å². The molecule has 3 aliphatic rings. The number of nitrogen functional groups attached to an aromatic ring is 1. The zero-order chi connectivity index (χ0) is 43.3. The molecule has 5 rings (SSSR count). The Balaban J connectivity index is 0.000000657. The minimum absolute atomic E-state index is 0.00424. The minimum Gasteiger partial charge on any atom is -0.481 e. The van der Waals surface area contributed by atoms with Gasteiger partial charge in [0, 0.05) is 24.4 Å². The lowest BCUT2D eigenvalue weighted by Gasteiger charge is -2.28. The quantitative estimate of drug-likeness (QED) is 0.0692. The zero-order valence-corrected chi connectivity index (χ0v) is 32.0. The fourth-order valence-electron chi connectivity index (χ4n) is 5.34. The van der Waals surface area contributed by atoms with Crippen molar-refractivity contribution in [1.29, 1.82) is 0 Å². The number of hydrogen-bond acceptors (Lipinski definition) is 21. The first-order chi connectivity index (χ1) is 26.9. The van der Waals surface area contributed by atoms with Gasteiger partial charge in [-0.05, 0) is 12.8 Å². The van der Waals surface area contributed by atoms with E-state index < -0.39 is 110 Å². The SMILES string of the molecule is NC(=O)C1=CN(C2O[C@H](COP(=O)(O)OP(=O)(O)OC[C@H]3O[C@@H](n4cnc5c(N)ncnc54)[C@H](OP(=O)(O)O)[C@@H]3O)C(O)C2O)C=CC1.NC(CCC(=O)O)C(=O)O. The third kappa shape index (κ3) is 12.4. The number of carboxylic acid groups (broad SMARTS) is 2. The van der Waals surface area contributed by atoms with Crippen LogP contribution < -0.4 is 17.2 Å². The number of anilines is 1. The van der Waals surface area contributed by atoms with Crippen molar-refractivity contribution in [2.75, 3.05) is 18.9 Å². The molecule has 0 aromatic carbocycles. The number of amides is 1. The van der Waals surface area contributed by atoms with Crippen molar-refractivity contribution in [2.45, 2.75) is 74.4 Å². The van der Waals surface area contributed by atoms with Crippen LogP contribution in [0, 0.1) is 0 Å². The molecular weight excluding hydrogens is 853 g/mol. The Labute approximate surface area is 324 Å². The fourth-order valence-corrected chi connectivity index (χ4v) is 7.97. The molecule has 5 heterocycles. The molecule has 29 nitrogen and oxygen atoms in total. The van der Waals surface area contributed by atoms with Gasteiger partial charge in [-0.25, -0.2) is 28.6 Å². The number of carbonyl (C=O) groups is 3. The molecule has 11 atom stereocenters. The van der Waals surface area contributed by atoms with E-state index in [1.165, 1.54) is 23.4 Å². The van der Waals surface area contributed by atoms with E-state index in [9.17, 15) is 63.0 Å². The molecule has 58 heavy (non-hydrogen) atoms. The summed E-state index contributed by atoms with van der Waals surface area (Å²) in [5, 5.41) is 47.8. The highest BCUT2D eigenvalue weighted by Gasteiger charge is 2.51. The molecule has 0 spiro atoms. The number of carboxylic acids is 2. The Kier molecular flexibility index (Phi) is 15.4. The van der Waals surface area contributed by atoms with Crippen molar-refractivity contribution < 1.29 is 101 Å². The van der Waals surface area contributed by atoms with Crippen molar-refractivity contribution in [3.63, 3.8) is 0 Å². The molecule has 0 aliphatic carbocycles. The number of hydrogen-bond donors (Lipinski definition) is 12. The Morgan fingerprint density at radius 2 is 1.52 bits per heavy atom. The summed E-state index contributed by atoms with van der Waals surface area (Å²) < 4.78 is 67.2. The minimum atomic E-state index is -5.52. The smallest absolute Gasteiger partial charge is 0.481 e. The number of aromatic nitrogens is 4. The van der Waals surface area contributed by atoms with E-state index in [-0.39, 0.29) is 41.8 Å². The summed E-state index contributed by atoms with van der Waals surface area (Å²) in [5.41, 5.74) is 16.3. The average molecular weight is 893 g/mol. The third-order valence-corrected chi connectivity index (χ3v) is 11.2. The van der Waals surface area contributed by atoms with Crippen LogP contribution in [0.1, 0.15) is 25.5 Å². The van der Waals surface area contributed by atoms with E-state index in [4.69, 9.17) is 45.9 Å². The second-order valence-electron chi connectivity index (χ2n) is 12.3. The van der Waals surface area contributed by atoms with Crippen LogP contribution >= 0.6 is 23.5 Å². The normalized spacial score (nSPS) is 28.6. The molecule has 0 radical (unpaired) electrons. The number of phosphoric acid groups is 3. The fraction of sp³-hybridized carbons (Fsp3) is 0.538. The van der Waals surface area contributed by atoms with E-state index in [0.29, 0.717) is 0 Å². The van der Waals surface area contributed by atoms with Gasteiger partial charge in [0.15, 0.2) is 23.9 Å². The van der Waals surface area contributed by atoms with Gasteiger partial charge < -0.3 is 76.7 Å². The van der Waals surface area contributed by atoms with Crippen LogP contribution in [0.3, 0.4) is 0 Å². The van der Waals surface area contributed by atoms with E-state index >= 15 is 0 Å². The largest absolute Gasteiger partial charge is 0.481 e. The van der Waals surface area contributed by atoms with Crippen LogP contribution in [-0.4, -0.2) is 149 Å². The zero-order valence-electron chi connectivity index (χ0n) is 29.4. The predicted octanol–water partition coefficient (Wildman–Crippen LogP) is -3.31. The number of allylic oxidation sites excluding steroid dienone is 1. The first-order valence-electron chi connectivity index (χ1n) is 16.2. The van der Waals surface area contributed by atoms with Crippen LogP contribution in [0.2, 0.25) is 0 Å². The molecule has 0 bridgehead atoms. The topological polar surface area (TPSA) is 465 Å². The molecule has 1 amide bonds. The second kappa shape index (κ2) is 19.0. The monoisotopic (exact) mass is 892 g/mol. The lowest BCUT2D eigenvalue weighted by Crippen LogP contribution is -2.40. The molecule has 2 fully saturated rings. The van der Waals surface area contributed by atoms with Crippen LogP contribution in [0.4, 0.5) is 5.82 Å². The van der Waals surface area contributed by atoms with Crippen LogP contribution in [0.25, 0.3) is 11.2 Å². The summed E-state index contributed by atoms with van der Waals surface area (Å²) in [6, 6.07) is -1.06. The van der Waals surface area contributed by atoms with Crippen LogP contribution in [0.15, 0.2) is 36.7 Å². The Hall–Kier alpha value is -3.83. The highest BCUT2D eigenvalue weighted by atomic mass is 31.3. The molecular formula is C26H39N8O21P3. The van der Waals surface area contributed by atoms with Gasteiger partial charge >= 0.3 is 35.4 Å². The van der Waals surface area contributed by atoms with Gasteiger partial charge in [-0.15, -0.1) is 0 Å². The summed E-state index contributed by atoms with van der Waals surface area (Å²) >= 11 is 0. The van der Waals surface area contributed by atoms with Crippen LogP contribution in [0.5, 0.6) is 0 Å². The standard InChI is InChI=1S/C21H30N7O17P3.C5H9NO4/c22-17-12-19(25-7-24-17)28(8-26-12)21-16(44-46(33,34)35)14(30)11(43-21)6-41-48(38,39)45-47(36,37)40-5-10-13(29)15(31)20(42-10)27-3-1-2-9(4-27)18(23)32;6-3(5(9)10)1-2-4(7)8/h1,3-4,7-8,10-11,13-16,20-21,29-31H,2,5-6H2,(H2,23,32)(H,36,37)(H,38,39)(H2,22,24,25)(H2,33,34,35);3H,1-2,6H2,(H,7,8)(H,9,10)/t10-,11-,13?,14-,15?,16-,20?,21-;/m1./s1. The third-order valence-electron chi connectivity index (χ3n) is 8.10. The first kappa shape index (κ1) is 46.9. The molecule has 0 saturated carbocycles. The molecule has 2 aromatic heterocycles. The lowest BCUT2D eigenvalue weighted by atomic mass is 10.1. The molecule has 15 N–H and O–H groups in total. The molecule has 3 aliphatic heterocycles. The predicted molar refractivity (Wildman–Crippen MR) is 185 cm³/mol. The number of nitrogens with two attached hydrogens (primary N) is 3. The number of carbonyl (C=O) groups excluding carboxylic acids is 1. The number of aliphatic carboxylic acids is 2. The van der Waals surface area contributed by atoms with E-state index in [2.05, 4.69) is 23.8 Å². The lowest BCUT2D eigenvalue weighted by molar-refractivity contribution is -0.140.